The molecule has 0 bridgehead atoms. The van der Waals surface area contributed by atoms with Crippen LogP contribution in [0.2, 0.25) is 0 Å². The average molecular weight is 418 g/mol. The van der Waals surface area contributed by atoms with Crippen molar-refractivity contribution < 1.29 is 14.3 Å². The van der Waals surface area contributed by atoms with Crippen LogP contribution < -0.4 is 10.6 Å². The summed E-state index contributed by atoms with van der Waals surface area (Å²) in [6.45, 7) is 13.8. The van der Waals surface area contributed by atoms with Crippen molar-refractivity contribution in [2.24, 2.45) is 5.41 Å². The Bertz CT molecular complexity index is 823. The number of carbonyl (C=O) groups is 2. The van der Waals surface area contributed by atoms with E-state index in [0.29, 0.717) is 22.9 Å². The van der Waals surface area contributed by atoms with E-state index in [1.807, 2.05) is 77.6 Å². The Balaban J connectivity index is 2.37. The van der Waals surface area contributed by atoms with E-state index in [1.165, 1.54) is 0 Å². The molecule has 1 unspecified atom stereocenters. The molecule has 1 aliphatic rings. The zero-order valence-electron chi connectivity index (χ0n) is 18.3. The molecule has 2 N–H and O–H groups in total. The predicted molar refractivity (Wildman–Crippen MR) is 119 cm³/mol. The van der Waals surface area contributed by atoms with Crippen LogP contribution in [0.5, 0.6) is 0 Å². The molecule has 6 nitrogen and oxygen atoms in total. The van der Waals surface area contributed by atoms with Crippen molar-refractivity contribution in [2.45, 2.75) is 60.6 Å². The number of hydrogen-bond donors (Lipinski definition) is 2. The lowest BCUT2D eigenvalue weighted by Crippen LogP contribution is -2.47. The lowest BCUT2D eigenvalue weighted by molar-refractivity contribution is -0.143. The van der Waals surface area contributed by atoms with Crippen LogP contribution in [0.15, 0.2) is 35.5 Å². The third kappa shape index (κ3) is 5.35. The van der Waals surface area contributed by atoms with Crippen LogP contribution in [-0.2, 0) is 14.3 Å². The van der Waals surface area contributed by atoms with Gasteiger partial charge in [-0.1, -0.05) is 32.9 Å². The van der Waals surface area contributed by atoms with Crippen LogP contribution in [-0.4, -0.2) is 34.5 Å². The highest BCUT2D eigenvalue weighted by Gasteiger charge is 2.34. The van der Waals surface area contributed by atoms with Crippen molar-refractivity contribution in [3.05, 3.63) is 41.1 Å². The van der Waals surface area contributed by atoms with Gasteiger partial charge in [0.1, 0.15) is 0 Å². The smallest absolute Gasteiger partial charge is 0.338 e. The fourth-order valence-corrected chi connectivity index (χ4v) is 3.42. The summed E-state index contributed by atoms with van der Waals surface area (Å²) in [7, 11) is 0. The Morgan fingerprint density at radius 3 is 2.31 bits per heavy atom. The van der Waals surface area contributed by atoms with Gasteiger partial charge in [0.05, 0.1) is 17.7 Å². The van der Waals surface area contributed by atoms with Crippen molar-refractivity contribution >= 4 is 34.9 Å². The minimum absolute atomic E-state index is 0.0576. The van der Waals surface area contributed by atoms with Gasteiger partial charge in [-0.3, -0.25) is 4.79 Å². The lowest BCUT2D eigenvalue weighted by Gasteiger charge is -2.37. The van der Waals surface area contributed by atoms with Crippen molar-refractivity contribution in [1.82, 2.24) is 10.2 Å². The third-order valence-electron chi connectivity index (χ3n) is 4.66. The number of carbonyl (C=O) groups excluding carboxylic acids is 2. The van der Waals surface area contributed by atoms with Gasteiger partial charge in [0.15, 0.2) is 5.11 Å². The minimum atomic E-state index is -0.479. The third-order valence-corrected chi connectivity index (χ3v) is 5.00. The zero-order chi connectivity index (χ0) is 21.9. The van der Waals surface area contributed by atoms with Crippen LogP contribution in [0.1, 0.15) is 60.1 Å². The number of hydrogen-bond acceptors (Lipinski definition) is 4. The summed E-state index contributed by atoms with van der Waals surface area (Å²) in [5.41, 5.74) is 2.42. The van der Waals surface area contributed by atoms with Gasteiger partial charge in [0.25, 0.3) is 0 Å². The number of ether oxygens (including phenoxy) is 1. The summed E-state index contributed by atoms with van der Waals surface area (Å²) in [5, 5.41) is 6.74. The highest BCUT2D eigenvalue weighted by molar-refractivity contribution is 7.80. The zero-order valence-corrected chi connectivity index (χ0v) is 19.1. The van der Waals surface area contributed by atoms with Gasteiger partial charge >= 0.3 is 5.97 Å². The molecule has 0 aromatic heterocycles. The molecule has 0 saturated carbocycles. The first-order chi connectivity index (χ1) is 13.5. The quantitative estimate of drug-likeness (QED) is 0.554. The van der Waals surface area contributed by atoms with Crippen LogP contribution in [0.25, 0.3) is 0 Å². The maximum absolute atomic E-state index is 12.8. The summed E-state index contributed by atoms with van der Waals surface area (Å²) in [4.78, 5) is 26.9. The van der Waals surface area contributed by atoms with Crippen LogP contribution in [0.4, 0.5) is 5.69 Å². The second-order valence-electron chi connectivity index (χ2n) is 8.41. The largest absolute Gasteiger partial charge is 0.459 e. The molecule has 0 aliphatic carbocycles. The second-order valence-corrected chi connectivity index (χ2v) is 8.79. The second kappa shape index (κ2) is 8.95. The fourth-order valence-electron chi connectivity index (χ4n) is 3.03. The number of nitrogens with zero attached hydrogens (tertiary/aromatic N) is 1. The summed E-state index contributed by atoms with van der Waals surface area (Å²) < 4.78 is 5.49. The van der Waals surface area contributed by atoms with Crippen LogP contribution >= 0.6 is 12.2 Å². The molecule has 1 heterocycles. The van der Waals surface area contributed by atoms with Crippen LogP contribution in [0.3, 0.4) is 0 Å². The first-order valence-corrected chi connectivity index (χ1v) is 10.3. The van der Waals surface area contributed by atoms with E-state index in [1.54, 1.807) is 0 Å². The molecule has 29 heavy (non-hydrogen) atoms. The number of thiocarbonyl (C=S) groups is 1. The van der Waals surface area contributed by atoms with Crippen molar-refractivity contribution in [2.75, 3.05) is 11.9 Å². The van der Waals surface area contributed by atoms with Gasteiger partial charge in [-0.05, 0) is 57.6 Å². The van der Waals surface area contributed by atoms with Gasteiger partial charge in [-0.2, -0.15) is 0 Å². The molecular formula is C22H31N3O3S. The lowest BCUT2D eigenvalue weighted by atomic mass is 9.94. The molecule has 0 radical (unpaired) electrons. The Hall–Kier alpha value is -2.41. The van der Waals surface area contributed by atoms with E-state index in [0.717, 1.165) is 11.3 Å². The highest BCUT2D eigenvalue weighted by Crippen LogP contribution is 2.32. The first-order valence-electron chi connectivity index (χ1n) is 9.86. The SMILES string of the molecule is CCN1C(=S)NC(c2ccc(NC(=O)C(C)(C)C)cc2)C(C(=O)OC(C)C)=C1C. The van der Waals surface area contributed by atoms with Gasteiger partial charge in [0.2, 0.25) is 5.91 Å². The molecule has 0 fully saturated rings. The molecule has 1 aliphatic heterocycles. The number of anilines is 1. The van der Waals surface area contributed by atoms with Crippen molar-refractivity contribution in [3.63, 3.8) is 0 Å². The number of benzene rings is 1. The van der Waals surface area contributed by atoms with Gasteiger partial charge in [-0.15, -0.1) is 0 Å². The molecular weight excluding hydrogens is 386 g/mol. The first kappa shape index (κ1) is 22.9. The molecule has 1 amide bonds. The average Bonchev–Trinajstić information content (AvgIpc) is 2.60. The van der Waals surface area contributed by atoms with Gasteiger partial charge in [-0.25, -0.2) is 4.79 Å². The summed E-state index contributed by atoms with van der Waals surface area (Å²) in [6, 6.07) is 7.02. The number of nitrogens with one attached hydrogen (secondary N) is 2. The molecule has 1 atom stereocenters. The Morgan fingerprint density at radius 2 is 1.83 bits per heavy atom. The van der Waals surface area contributed by atoms with Crippen LogP contribution in [0, 0.1) is 5.41 Å². The molecule has 0 saturated heterocycles. The van der Waals surface area contributed by atoms with Gasteiger partial charge < -0.3 is 20.3 Å². The number of rotatable bonds is 5. The Morgan fingerprint density at radius 1 is 1.24 bits per heavy atom. The van der Waals surface area contributed by atoms with E-state index >= 15 is 0 Å². The minimum Gasteiger partial charge on any atom is -0.459 e. The molecule has 158 valence electrons. The summed E-state index contributed by atoms with van der Waals surface area (Å²) in [6.07, 6.45) is -0.220. The Labute approximate surface area is 178 Å². The van der Waals surface area contributed by atoms with E-state index in [2.05, 4.69) is 10.6 Å². The van der Waals surface area contributed by atoms with E-state index in [9.17, 15) is 9.59 Å². The molecule has 2 rings (SSSR count). The van der Waals surface area contributed by atoms with Crippen molar-refractivity contribution in [3.8, 4) is 0 Å². The highest BCUT2D eigenvalue weighted by atomic mass is 32.1. The van der Waals surface area contributed by atoms with E-state index in [-0.39, 0.29) is 18.0 Å². The molecule has 7 heteroatoms. The maximum Gasteiger partial charge on any atom is 0.338 e. The normalized spacial score (nSPS) is 17.3. The summed E-state index contributed by atoms with van der Waals surface area (Å²) >= 11 is 5.50. The predicted octanol–water partition coefficient (Wildman–Crippen LogP) is 4.15. The summed E-state index contributed by atoms with van der Waals surface area (Å²) in [5.74, 6) is -0.418. The molecule has 1 aromatic carbocycles. The molecule has 1 aromatic rings. The van der Waals surface area contributed by atoms with E-state index < -0.39 is 11.5 Å². The van der Waals surface area contributed by atoms with Gasteiger partial charge in [0, 0.05) is 23.3 Å². The molecule has 0 spiro atoms. The maximum atomic E-state index is 12.8. The van der Waals surface area contributed by atoms with E-state index in [4.69, 9.17) is 17.0 Å². The number of amides is 1. The Kier molecular flexibility index (Phi) is 7.06. The monoisotopic (exact) mass is 417 g/mol. The topological polar surface area (TPSA) is 70.7 Å². The standard InChI is InChI=1S/C22H31N3O3S/c1-8-25-14(4)17(19(26)28-13(2)3)18(24-21(25)29)15-9-11-16(12-10-15)23-20(27)22(5,6)7/h9-13,18H,8H2,1-7H3,(H,23,27)(H,24,29). The number of allylic oxidation sites excluding steroid dienone is 1. The number of esters is 1. The fraction of sp³-hybridized carbons (Fsp3) is 0.500. The van der Waals surface area contributed by atoms with Crippen molar-refractivity contribution in [1.29, 1.82) is 0 Å².